The van der Waals surface area contributed by atoms with E-state index < -0.39 is 0 Å². The third-order valence-corrected chi connectivity index (χ3v) is 3.74. The number of hydrogen-bond acceptors (Lipinski definition) is 3. The summed E-state index contributed by atoms with van der Waals surface area (Å²) in [6.07, 6.45) is 3.04. The molecule has 0 saturated heterocycles. The zero-order chi connectivity index (χ0) is 14.9. The van der Waals surface area contributed by atoms with E-state index in [0.717, 1.165) is 6.42 Å². The monoisotopic (exact) mass is 274 g/mol. The molecule has 20 heavy (non-hydrogen) atoms. The van der Waals surface area contributed by atoms with E-state index in [-0.39, 0.29) is 22.8 Å². The number of nitrogens with two attached hydrogens (primary N) is 1. The summed E-state index contributed by atoms with van der Waals surface area (Å²) in [6.45, 7) is 7.90. The van der Waals surface area contributed by atoms with Gasteiger partial charge in [0.2, 0.25) is 0 Å². The average molecular weight is 274 g/mol. The maximum absolute atomic E-state index is 12.4. The minimum Gasteiger partial charge on any atom is -0.506 e. The molecule has 1 aliphatic rings. The van der Waals surface area contributed by atoms with Gasteiger partial charge in [-0.25, -0.2) is 0 Å². The Hall–Kier alpha value is -1.97. The third-order valence-electron chi connectivity index (χ3n) is 3.74. The van der Waals surface area contributed by atoms with E-state index in [4.69, 9.17) is 5.73 Å². The number of rotatable bonds is 1. The van der Waals surface area contributed by atoms with Crippen LogP contribution in [0.3, 0.4) is 0 Å². The number of carbonyl (C=O) groups is 1. The molecule has 1 amide bonds. The van der Waals surface area contributed by atoms with Crippen molar-refractivity contribution in [2.24, 2.45) is 5.41 Å². The van der Waals surface area contributed by atoms with Crippen LogP contribution in [-0.2, 0) is 0 Å². The fraction of sp³-hybridized carbons (Fsp3) is 0.438. The van der Waals surface area contributed by atoms with Gasteiger partial charge in [0.1, 0.15) is 5.75 Å². The zero-order valence-corrected chi connectivity index (χ0v) is 12.3. The van der Waals surface area contributed by atoms with E-state index in [9.17, 15) is 9.90 Å². The fourth-order valence-electron chi connectivity index (χ4n) is 2.39. The average Bonchev–Trinajstić information content (AvgIpc) is 2.40. The molecule has 0 aromatic heterocycles. The first-order chi connectivity index (χ1) is 9.29. The Balaban J connectivity index is 2.12. The molecule has 0 bridgehead atoms. The Morgan fingerprint density at radius 3 is 2.55 bits per heavy atom. The normalized spacial score (nSPS) is 15.9. The number of aromatic hydroxyl groups is 1. The van der Waals surface area contributed by atoms with Gasteiger partial charge in [-0.3, -0.25) is 4.79 Å². The second kappa shape index (κ2) is 5.19. The molecule has 1 aromatic rings. The standard InChI is InChI=1S/C16H22N2O2/c1-16(2,3)12-6-8-18(9-7-12)15(20)11-4-5-13(17)14(19)10-11/h4-6,10,19H,7-9,17H2,1-3H3. The Morgan fingerprint density at radius 1 is 1.35 bits per heavy atom. The molecule has 0 fully saturated rings. The van der Waals surface area contributed by atoms with Crippen LogP contribution in [0, 0.1) is 5.41 Å². The van der Waals surface area contributed by atoms with Crippen molar-refractivity contribution in [3.05, 3.63) is 35.4 Å². The number of carbonyl (C=O) groups excluding carboxylic acids is 1. The summed E-state index contributed by atoms with van der Waals surface area (Å²) >= 11 is 0. The van der Waals surface area contributed by atoms with Gasteiger partial charge in [-0.15, -0.1) is 0 Å². The third kappa shape index (κ3) is 2.95. The Morgan fingerprint density at radius 2 is 2.05 bits per heavy atom. The van der Waals surface area contributed by atoms with Gasteiger partial charge in [0.25, 0.3) is 5.91 Å². The highest BCUT2D eigenvalue weighted by Gasteiger charge is 2.24. The first-order valence-corrected chi connectivity index (χ1v) is 6.86. The molecular weight excluding hydrogens is 252 g/mol. The number of benzene rings is 1. The second-order valence-corrected chi connectivity index (χ2v) is 6.25. The highest BCUT2D eigenvalue weighted by Crippen LogP contribution is 2.30. The van der Waals surface area contributed by atoms with Crippen LogP contribution < -0.4 is 5.73 Å². The molecule has 0 unspecified atom stereocenters. The van der Waals surface area contributed by atoms with Crippen molar-refractivity contribution in [2.75, 3.05) is 18.8 Å². The van der Waals surface area contributed by atoms with Crippen LogP contribution in [0.2, 0.25) is 0 Å². The topological polar surface area (TPSA) is 66.6 Å². The molecule has 1 aromatic carbocycles. The summed E-state index contributed by atoms with van der Waals surface area (Å²) in [5.41, 5.74) is 7.86. The number of hydrogen-bond donors (Lipinski definition) is 2. The summed E-state index contributed by atoms with van der Waals surface area (Å²) in [6, 6.07) is 4.64. The molecule has 0 saturated carbocycles. The van der Waals surface area contributed by atoms with Crippen molar-refractivity contribution < 1.29 is 9.90 Å². The molecule has 1 heterocycles. The number of amides is 1. The van der Waals surface area contributed by atoms with Crippen LogP contribution in [-0.4, -0.2) is 29.0 Å². The van der Waals surface area contributed by atoms with Gasteiger partial charge in [-0.2, -0.15) is 0 Å². The van der Waals surface area contributed by atoms with Crippen molar-refractivity contribution in [3.8, 4) is 5.75 Å². The number of anilines is 1. The lowest BCUT2D eigenvalue weighted by Gasteiger charge is -2.32. The van der Waals surface area contributed by atoms with E-state index in [0.29, 0.717) is 18.7 Å². The molecule has 0 radical (unpaired) electrons. The van der Waals surface area contributed by atoms with Crippen molar-refractivity contribution in [1.29, 1.82) is 0 Å². The SMILES string of the molecule is CC(C)(C)C1=CCN(C(=O)c2ccc(N)c(O)c2)CC1. The Bertz CT molecular complexity index is 556. The van der Waals surface area contributed by atoms with Gasteiger partial charge < -0.3 is 15.7 Å². The lowest BCUT2D eigenvalue weighted by atomic mass is 9.83. The van der Waals surface area contributed by atoms with Crippen LogP contribution in [0.25, 0.3) is 0 Å². The van der Waals surface area contributed by atoms with E-state index in [1.807, 2.05) is 0 Å². The van der Waals surface area contributed by atoms with Crippen LogP contribution >= 0.6 is 0 Å². The highest BCUT2D eigenvalue weighted by atomic mass is 16.3. The highest BCUT2D eigenvalue weighted by molar-refractivity contribution is 5.95. The Kier molecular flexibility index (Phi) is 3.75. The smallest absolute Gasteiger partial charge is 0.254 e. The Labute approximate surface area is 119 Å². The summed E-state index contributed by atoms with van der Waals surface area (Å²) < 4.78 is 0. The van der Waals surface area contributed by atoms with Crippen LogP contribution in [0.4, 0.5) is 5.69 Å². The minimum absolute atomic E-state index is 0.0428. The lowest BCUT2D eigenvalue weighted by molar-refractivity contribution is 0.0764. The molecule has 0 spiro atoms. The second-order valence-electron chi connectivity index (χ2n) is 6.25. The molecule has 3 N–H and O–H groups in total. The van der Waals surface area contributed by atoms with E-state index in [1.165, 1.54) is 11.6 Å². The zero-order valence-electron chi connectivity index (χ0n) is 12.3. The van der Waals surface area contributed by atoms with Crippen molar-refractivity contribution in [2.45, 2.75) is 27.2 Å². The largest absolute Gasteiger partial charge is 0.506 e. The van der Waals surface area contributed by atoms with Crippen LogP contribution in [0.15, 0.2) is 29.8 Å². The lowest BCUT2D eigenvalue weighted by Crippen LogP contribution is -2.36. The van der Waals surface area contributed by atoms with Crippen molar-refractivity contribution >= 4 is 11.6 Å². The van der Waals surface area contributed by atoms with Gasteiger partial charge in [0.15, 0.2) is 0 Å². The molecule has 108 valence electrons. The van der Waals surface area contributed by atoms with Gasteiger partial charge in [0.05, 0.1) is 5.69 Å². The quantitative estimate of drug-likeness (QED) is 0.470. The molecular formula is C16H22N2O2. The first-order valence-electron chi connectivity index (χ1n) is 6.86. The summed E-state index contributed by atoms with van der Waals surface area (Å²) in [5, 5.41) is 9.59. The first kappa shape index (κ1) is 14.4. The van der Waals surface area contributed by atoms with Crippen molar-refractivity contribution in [1.82, 2.24) is 4.90 Å². The predicted octanol–water partition coefficient (Wildman–Crippen LogP) is 2.79. The van der Waals surface area contributed by atoms with Gasteiger partial charge in [-0.05, 0) is 30.0 Å². The van der Waals surface area contributed by atoms with Crippen LogP contribution in [0.1, 0.15) is 37.6 Å². The molecule has 0 aliphatic carbocycles. The molecule has 4 nitrogen and oxygen atoms in total. The molecule has 0 atom stereocenters. The predicted molar refractivity (Wildman–Crippen MR) is 80.6 cm³/mol. The number of nitrogen functional groups attached to an aromatic ring is 1. The molecule has 1 aliphatic heterocycles. The summed E-state index contributed by atoms with van der Waals surface area (Å²) in [7, 11) is 0. The van der Waals surface area contributed by atoms with E-state index in [2.05, 4.69) is 26.8 Å². The summed E-state index contributed by atoms with van der Waals surface area (Å²) in [5.74, 6) is -0.108. The van der Waals surface area contributed by atoms with Crippen LogP contribution in [0.5, 0.6) is 5.75 Å². The molecule has 2 rings (SSSR count). The summed E-state index contributed by atoms with van der Waals surface area (Å²) in [4.78, 5) is 14.2. The van der Waals surface area contributed by atoms with E-state index >= 15 is 0 Å². The fourth-order valence-corrected chi connectivity index (χ4v) is 2.39. The van der Waals surface area contributed by atoms with Gasteiger partial charge in [0, 0.05) is 18.7 Å². The number of phenols is 1. The van der Waals surface area contributed by atoms with E-state index in [1.54, 1.807) is 17.0 Å². The maximum Gasteiger partial charge on any atom is 0.254 e. The minimum atomic E-state index is -0.0653. The number of nitrogens with zero attached hydrogens (tertiary/aromatic N) is 1. The number of phenolic OH excluding ortho intramolecular Hbond substituents is 1. The molecule has 4 heteroatoms. The van der Waals surface area contributed by atoms with Gasteiger partial charge in [-0.1, -0.05) is 32.4 Å². The maximum atomic E-state index is 12.4. The van der Waals surface area contributed by atoms with Gasteiger partial charge >= 0.3 is 0 Å². The van der Waals surface area contributed by atoms with Crippen molar-refractivity contribution in [3.63, 3.8) is 0 Å².